The average molecular weight is 437 g/mol. The largest absolute Gasteiger partial charge is 0.482 e. The Bertz CT molecular complexity index is 1000. The third-order valence-corrected chi connectivity index (χ3v) is 7.98. The van der Waals surface area contributed by atoms with E-state index in [-0.39, 0.29) is 11.2 Å². The van der Waals surface area contributed by atoms with Gasteiger partial charge in [0.2, 0.25) is 0 Å². The van der Waals surface area contributed by atoms with Crippen molar-refractivity contribution < 1.29 is 14.3 Å². The maximum absolute atomic E-state index is 12.4. The molecular weight excluding hydrogens is 412 g/mol. The van der Waals surface area contributed by atoms with Crippen LogP contribution >= 0.6 is 23.5 Å². The van der Waals surface area contributed by atoms with Gasteiger partial charge in [0.05, 0.1) is 4.58 Å². The summed E-state index contributed by atoms with van der Waals surface area (Å²) in [6.07, 6.45) is 0. The van der Waals surface area contributed by atoms with Crippen LogP contribution in [0.25, 0.3) is 0 Å². The SMILES string of the molecule is Cc1cc2c(cc1C)CSC(c1ccccc1OC(=O)COc1ccccc1)SC2. The zero-order valence-electron chi connectivity index (χ0n) is 17.1. The van der Waals surface area contributed by atoms with Gasteiger partial charge in [-0.2, -0.15) is 0 Å². The van der Waals surface area contributed by atoms with Crippen molar-refractivity contribution in [3.05, 3.63) is 94.5 Å². The molecule has 0 saturated carbocycles. The minimum absolute atomic E-state index is 0.118. The van der Waals surface area contributed by atoms with E-state index in [0.29, 0.717) is 11.5 Å². The first kappa shape index (κ1) is 20.9. The quantitative estimate of drug-likeness (QED) is 0.338. The number of hydrogen-bond acceptors (Lipinski definition) is 5. The van der Waals surface area contributed by atoms with Crippen molar-refractivity contribution in [2.75, 3.05) is 6.61 Å². The van der Waals surface area contributed by atoms with Gasteiger partial charge in [-0.05, 0) is 54.3 Å². The molecule has 0 fully saturated rings. The van der Waals surface area contributed by atoms with Crippen molar-refractivity contribution in [1.29, 1.82) is 0 Å². The summed E-state index contributed by atoms with van der Waals surface area (Å²) in [6, 6.07) is 21.7. The van der Waals surface area contributed by atoms with Gasteiger partial charge in [-0.15, -0.1) is 23.5 Å². The predicted molar refractivity (Wildman–Crippen MR) is 125 cm³/mol. The number of fused-ring (bicyclic) bond motifs is 1. The Kier molecular flexibility index (Phi) is 6.70. The zero-order chi connectivity index (χ0) is 20.9. The second-order valence-corrected chi connectivity index (χ2v) is 9.76. The molecule has 0 aromatic heterocycles. The van der Waals surface area contributed by atoms with E-state index in [9.17, 15) is 4.79 Å². The standard InChI is InChI=1S/C25H24O3S2/c1-17-12-19-15-29-25(30-16-20(19)13-18(17)2)22-10-6-7-11-23(22)28-24(26)14-27-21-8-4-3-5-9-21/h3-13,25H,14-16H2,1-2H3. The Hall–Kier alpha value is -2.37. The number of benzene rings is 3. The lowest BCUT2D eigenvalue weighted by atomic mass is 10.0. The Morgan fingerprint density at radius 3 is 2.17 bits per heavy atom. The van der Waals surface area contributed by atoms with Crippen LogP contribution in [-0.4, -0.2) is 12.6 Å². The molecule has 5 heteroatoms. The van der Waals surface area contributed by atoms with Crippen LogP contribution in [0.2, 0.25) is 0 Å². The van der Waals surface area contributed by atoms with Gasteiger partial charge in [0.15, 0.2) is 6.61 Å². The monoisotopic (exact) mass is 436 g/mol. The molecule has 0 aliphatic carbocycles. The number of carbonyl (C=O) groups is 1. The van der Waals surface area contributed by atoms with Crippen molar-refractivity contribution in [3.8, 4) is 11.5 Å². The summed E-state index contributed by atoms with van der Waals surface area (Å²) in [5.41, 5.74) is 6.53. The molecule has 0 spiro atoms. The van der Waals surface area contributed by atoms with E-state index in [1.165, 1.54) is 22.3 Å². The summed E-state index contributed by atoms with van der Waals surface area (Å²) in [5.74, 6) is 2.77. The molecule has 3 aromatic carbocycles. The summed E-state index contributed by atoms with van der Waals surface area (Å²) in [6.45, 7) is 4.22. The van der Waals surface area contributed by atoms with Gasteiger partial charge in [0.1, 0.15) is 11.5 Å². The number of para-hydroxylation sites is 2. The van der Waals surface area contributed by atoms with Crippen molar-refractivity contribution in [1.82, 2.24) is 0 Å². The summed E-state index contributed by atoms with van der Waals surface area (Å²) in [4.78, 5) is 12.4. The molecule has 4 rings (SSSR count). The highest BCUT2D eigenvalue weighted by Gasteiger charge is 2.23. The molecule has 1 aliphatic rings. The molecule has 0 atom stereocenters. The third kappa shape index (κ3) is 5.02. The molecule has 154 valence electrons. The molecule has 1 heterocycles. The number of rotatable bonds is 5. The van der Waals surface area contributed by atoms with E-state index >= 15 is 0 Å². The van der Waals surface area contributed by atoms with Crippen molar-refractivity contribution in [2.24, 2.45) is 0 Å². The molecular formula is C25H24O3S2. The number of hydrogen-bond donors (Lipinski definition) is 0. The average Bonchev–Trinajstić information content (AvgIpc) is 2.96. The van der Waals surface area contributed by atoms with E-state index in [2.05, 4.69) is 32.0 Å². The minimum Gasteiger partial charge on any atom is -0.482 e. The first-order valence-electron chi connectivity index (χ1n) is 9.90. The molecule has 0 radical (unpaired) electrons. The second kappa shape index (κ2) is 9.63. The smallest absolute Gasteiger partial charge is 0.349 e. The first-order valence-corrected chi connectivity index (χ1v) is 12.0. The number of esters is 1. The fraction of sp³-hybridized carbons (Fsp3) is 0.240. The Morgan fingerprint density at radius 2 is 1.50 bits per heavy atom. The number of ether oxygens (including phenoxy) is 2. The number of carbonyl (C=O) groups excluding carboxylic acids is 1. The third-order valence-electron chi connectivity index (χ3n) is 5.09. The van der Waals surface area contributed by atoms with Crippen molar-refractivity contribution >= 4 is 29.5 Å². The van der Waals surface area contributed by atoms with E-state index in [0.717, 1.165) is 17.1 Å². The van der Waals surface area contributed by atoms with Crippen LogP contribution in [0.3, 0.4) is 0 Å². The first-order chi connectivity index (χ1) is 14.6. The Morgan fingerprint density at radius 1 is 0.900 bits per heavy atom. The predicted octanol–water partition coefficient (Wildman–Crippen LogP) is 6.47. The van der Waals surface area contributed by atoms with Crippen LogP contribution in [-0.2, 0) is 16.3 Å². The molecule has 3 aromatic rings. The van der Waals surface area contributed by atoms with Gasteiger partial charge in [-0.1, -0.05) is 48.5 Å². The van der Waals surface area contributed by atoms with Gasteiger partial charge in [-0.25, -0.2) is 4.79 Å². The Balaban J connectivity index is 1.45. The van der Waals surface area contributed by atoms with Gasteiger partial charge < -0.3 is 9.47 Å². The van der Waals surface area contributed by atoms with E-state index in [4.69, 9.17) is 9.47 Å². The summed E-state index contributed by atoms with van der Waals surface area (Å²) >= 11 is 3.77. The topological polar surface area (TPSA) is 35.5 Å². The molecule has 0 bridgehead atoms. The number of aryl methyl sites for hydroxylation is 2. The highest BCUT2D eigenvalue weighted by Crippen LogP contribution is 2.48. The maximum atomic E-state index is 12.4. The molecule has 1 aliphatic heterocycles. The lowest BCUT2D eigenvalue weighted by Crippen LogP contribution is -2.18. The van der Waals surface area contributed by atoms with Crippen LogP contribution in [0, 0.1) is 13.8 Å². The maximum Gasteiger partial charge on any atom is 0.349 e. The van der Waals surface area contributed by atoms with Crippen molar-refractivity contribution in [2.45, 2.75) is 29.9 Å². The van der Waals surface area contributed by atoms with Crippen LogP contribution in [0.15, 0.2) is 66.7 Å². The van der Waals surface area contributed by atoms with E-state index in [1.54, 1.807) is 0 Å². The fourth-order valence-corrected chi connectivity index (χ4v) is 6.08. The summed E-state index contributed by atoms with van der Waals surface area (Å²) in [7, 11) is 0. The summed E-state index contributed by atoms with van der Waals surface area (Å²) < 4.78 is 11.4. The molecule has 0 amide bonds. The highest BCUT2D eigenvalue weighted by atomic mass is 32.2. The van der Waals surface area contributed by atoms with Crippen LogP contribution in [0.1, 0.15) is 32.4 Å². The molecule has 3 nitrogen and oxygen atoms in total. The lowest BCUT2D eigenvalue weighted by molar-refractivity contribution is -0.136. The lowest BCUT2D eigenvalue weighted by Gasteiger charge is -2.17. The highest BCUT2D eigenvalue weighted by molar-refractivity contribution is 8.15. The van der Waals surface area contributed by atoms with Gasteiger partial charge in [0, 0.05) is 17.1 Å². The van der Waals surface area contributed by atoms with Gasteiger partial charge >= 0.3 is 5.97 Å². The van der Waals surface area contributed by atoms with Gasteiger partial charge in [-0.3, -0.25) is 0 Å². The zero-order valence-corrected chi connectivity index (χ0v) is 18.7. The van der Waals surface area contributed by atoms with Gasteiger partial charge in [0.25, 0.3) is 0 Å². The van der Waals surface area contributed by atoms with Crippen molar-refractivity contribution in [3.63, 3.8) is 0 Å². The number of thioether (sulfide) groups is 2. The molecule has 0 N–H and O–H groups in total. The molecule has 0 unspecified atom stereocenters. The fourth-order valence-electron chi connectivity index (χ4n) is 3.34. The second-order valence-electron chi connectivity index (χ2n) is 7.27. The molecule has 30 heavy (non-hydrogen) atoms. The van der Waals surface area contributed by atoms with Crippen LogP contribution in [0.5, 0.6) is 11.5 Å². The molecule has 0 saturated heterocycles. The Labute approximate surface area is 186 Å². The van der Waals surface area contributed by atoms with Crippen LogP contribution < -0.4 is 9.47 Å². The van der Waals surface area contributed by atoms with E-state index < -0.39 is 5.97 Å². The minimum atomic E-state index is -0.399. The summed E-state index contributed by atoms with van der Waals surface area (Å²) in [5, 5.41) is 0. The van der Waals surface area contributed by atoms with Crippen LogP contribution in [0.4, 0.5) is 0 Å². The van der Waals surface area contributed by atoms with E-state index in [1.807, 2.05) is 72.1 Å². The normalized spacial score (nSPS) is 13.9.